The van der Waals surface area contributed by atoms with Crippen LogP contribution in [0.15, 0.2) is 24.5 Å². The number of carbonyl (C=O) groups is 1. The van der Waals surface area contributed by atoms with E-state index in [0.717, 1.165) is 67.2 Å². The van der Waals surface area contributed by atoms with Gasteiger partial charge >= 0.3 is 0 Å². The molecule has 0 unspecified atom stereocenters. The fourth-order valence-electron chi connectivity index (χ4n) is 4.26. The first-order chi connectivity index (χ1) is 15.9. The number of nitrogens with one attached hydrogen (secondary N) is 1. The zero-order valence-corrected chi connectivity index (χ0v) is 20.7. The van der Waals surface area contributed by atoms with Crippen molar-refractivity contribution in [3.05, 3.63) is 46.2 Å². The van der Waals surface area contributed by atoms with Crippen LogP contribution in [0.5, 0.6) is 5.75 Å². The van der Waals surface area contributed by atoms with E-state index in [9.17, 15) is 4.79 Å². The molecule has 2 aromatic rings. The number of piperidine rings is 1. The Morgan fingerprint density at radius 1 is 1.24 bits per heavy atom. The molecule has 1 aromatic carbocycles. The molecule has 1 aliphatic rings. The number of hydrogen-bond acceptors (Lipinski definition) is 6. The average Bonchev–Trinajstić information content (AvgIpc) is 2.81. The molecular formula is C25H36ClN5O2. The van der Waals surface area contributed by atoms with Crippen molar-refractivity contribution in [2.24, 2.45) is 17.6 Å². The minimum absolute atomic E-state index is 0.0489. The smallest absolute Gasteiger partial charge is 0.251 e. The number of carbonyl (C=O) groups excluding carboxylic acids is 1. The van der Waals surface area contributed by atoms with Crippen LogP contribution in [-0.4, -0.2) is 48.7 Å². The number of aryl methyl sites for hydroxylation is 2. The number of rotatable bonds is 10. The van der Waals surface area contributed by atoms with Crippen LogP contribution in [0.1, 0.15) is 54.1 Å². The lowest BCUT2D eigenvalue weighted by Crippen LogP contribution is -2.34. The van der Waals surface area contributed by atoms with E-state index in [2.05, 4.69) is 20.2 Å². The number of ether oxygens (including phenoxy) is 1. The van der Waals surface area contributed by atoms with Gasteiger partial charge < -0.3 is 20.7 Å². The lowest BCUT2D eigenvalue weighted by molar-refractivity contribution is 0.0947. The van der Waals surface area contributed by atoms with Crippen molar-refractivity contribution >= 4 is 23.5 Å². The van der Waals surface area contributed by atoms with Gasteiger partial charge in [0.15, 0.2) is 0 Å². The van der Waals surface area contributed by atoms with E-state index in [-0.39, 0.29) is 11.8 Å². The molecule has 3 rings (SSSR count). The van der Waals surface area contributed by atoms with Crippen LogP contribution in [-0.2, 0) is 0 Å². The van der Waals surface area contributed by atoms with Gasteiger partial charge in [-0.05, 0) is 81.2 Å². The van der Waals surface area contributed by atoms with E-state index in [1.165, 1.54) is 0 Å². The number of amides is 1. The standard InChI is InChI=1S/C25H36ClN5O2/c1-17(13-27)14-28-24(32)23-18(2)11-22(12-19(23)3)33-10-4-5-20-6-8-31(9-7-20)25-29-15-21(26)16-30-25/h11-12,15-17,20H,4-10,13-14,27H2,1-3H3,(H,28,32)/t17-/m0/s1. The molecule has 0 saturated carbocycles. The highest BCUT2D eigenvalue weighted by molar-refractivity contribution is 6.30. The van der Waals surface area contributed by atoms with Crippen LogP contribution in [0, 0.1) is 25.7 Å². The van der Waals surface area contributed by atoms with Gasteiger partial charge in [-0.1, -0.05) is 18.5 Å². The van der Waals surface area contributed by atoms with E-state index in [4.69, 9.17) is 22.1 Å². The molecule has 0 aliphatic carbocycles. The Labute approximate surface area is 202 Å². The van der Waals surface area contributed by atoms with Gasteiger partial charge in [0.2, 0.25) is 5.95 Å². The zero-order valence-electron chi connectivity index (χ0n) is 19.9. The highest BCUT2D eigenvalue weighted by Gasteiger charge is 2.21. The van der Waals surface area contributed by atoms with E-state index in [0.29, 0.717) is 30.6 Å². The second-order valence-electron chi connectivity index (χ2n) is 9.11. The maximum atomic E-state index is 12.6. The summed E-state index contributed by atoms with van der Waals surface area (Å²) in [5, 5.41) is 3.54. The highest BCUT2D eigenvalue weighted by atomic mass is 35.5. The Kier molecular flexibility index (Phi) is 9.32. The predicted molar refractivity (Wildman–Crippen MR) is 133 cm³/mol. The minimum atomic E-state index is -0.0489. The number of hydrogen-bond donors (Lipinski definition) is 2. The van der Waals surface area contributed by atoms with Crippen LogP contribution < -0.4 is 20.7 Å². The zero-order chi connectivity index (χ0) is 23.8. The second kappa shape index (κ2) is 12.2. The molecule has 0 spiro atoms. The van der Waals surface area contributed by atoms with Crippen LogP contribution in [0.2, 0.25) is 5.02 Å². The summed E-state index contributed by atoms with van der Waals surface area (Å²) >= 11 is 5.88. The first-order valence-corrected chi connectivity index (χ1v) is 12.2. The Hall–Kier alpha value is -2.38. The summed E-state index contributed by atoms with van der Waals surface area (Å²) in [6.07, 6.45) is 7.73. The van der Waals surface area contributed by atoms with Crippen molar-refractivity contribution in [1.29, 1.82) is 0 Å². The van der Waals surface area contributed by atoms with Gasteiger partial charge in [0.25, 0.3) is 5.91 Å². The fraction of sp³-hybridized carbons (Fsp3) is 0.560. The molecule has 1 aromatic heterocycles. The van der Waals surface area contributed by atoms with Gasteiger partial charge in [-0.3, -0.25) is 4.79 Å². The van der Waals surface area contributed by atoms with Crippen molar-refractivity contribution in [2.45, 2.75) is 46.5 Å². The third-order valence-corrected chi connectivity index (χ3v) is 6.47. The van der Waals surface area contributed by atoms with Crippen LogP contribution in [0.25, 0.3) is 0 Å². The molecule has 2 heterocycles. The summed E-state index contributed by atoms with van der Waals surface area (Å²) in [7, 11) is 0. The van der Waals surface area contributed by atoms with Gasteiger partial charge in [0.05, 0.1) is 24.0 Å². The summed E-state index contributed by atoms with van der Waals surface area (Å²) in [5.74, 6) is 2.49. The van der Waals surface area contributed by atoms with E-state index in [1.54, 1.807) is 12.4 Å². The molecule has 33 heavy (non-hydrogen) atoms. The Morgan fingerprint density at radius 2 is 1.88 bits per heavy atom. The summed E-state index contributed by atoms with van der Waals surface area (Å²) in [6.45, 7) is 9.70. The van der Waals surface area contributed by atoms with Crippen molar-refractivity contribution in [2.75, 3.05) is 37.7 Å². The van der Waals surface area contributed by atoms with Crippen LogP contribution in [0.3, 0.4) is 0 Å². The Balaban J connectivity index is 1.41. The van der Waals surface area contributed by atoms with Crippen LogP contribution >= 0.6 is 11.6 Å². The fourth-order valence-corrected chi connectivity index (χ4v) is 4.35. The third-order valence-electron chi connectivity index (χ3n) is 6.28. The highest BCUT2D eigenvalue weighted by Crippen LogP contribution is 2.26. The molecular weight excluding hydrogens is 438 g/mol. The molecule has 7 nitrogen and oxygen atoms in total. The van der Waals surface area contributed by atoms with Crippen molar-refractivity contribution in [1.82, 2.24) is 15.3 Å². The van der Waals surface area contributed by atoms with Gasteiger partial charge in [-0.25, -0.2) is 9.97 Å². The van der Waals surface area contributed by atoms with Gasteiger partial charge in [-0.15, -0.1) is 0 Å². The van der Waals surface area contributed by atoms with Crippen LogP contribution in [0.4, 0.5) is 5.95 Å². The molecule has 180 valence electrons. The quantitative estimate of drug-likeness (QED) is 0.503. The van der Waals surface area contributed by atoms with E-state index < -0.39 is 0 Å². The number of nitrogens with zero attached hydrogens (tertiary/aromatic N) is 3. The topological polar surface area (TPSA) is 93.4 Å². The van der Waals surface area contributed by atoms with Crippen molar-refractivity contribution in [3.8, 4) is 5.75 Å². The summed E-state index contributed by atoms with van der Waals surface area (Å²) < 4.78 is 6.02. The first-order valence-electron chi connectivity index (χ1n) is 11.8. The summed E-state index contributed by atoms with van der Waals surface area (Å²) in [4.78, 5) is 23.4. The molecule has 1 amide bonds. The van der Waals surface area contributed by atoms with E-state index >= 15 is 0 Å². The van der Waals surface area contributed by atoms with E-state index in [1.807, 2.05) is 32.9 Å². The predicted octanol–water partition coefficient (Wildman–Crippen LogP) is 4.15. The molecule has 1 atom stereocenters. The largest absolute Gasteiger partial charge is 0.494 e. The summed E-state index contributed by atoms with van der Waals surface area (Å²) in [6, 6.07) is 3.91. The van der Waals surface area contributed by atoms with Gasteiger partial charge in [0, 0.05) is 25.2 Å². The number of aromatic nitrogens is 2. The molecule has 8 heteroatoms. The summed E-state index contributed by atoms with van der Waals surface area (Å²) in [5.41, 5.74) is 8.22. The molecule has 1 fully saturated rings. The molecule has 1 aliphatic heterocycles. The van der Waals surface area contributed by atoms with Crippen molar-refractivity contribution in [3.63, 3.8) is 0 Å². The average molecular weight is 474 g/mol. The minimum Gasteiger partial charge on any atom is -0.494 e. The first kappa shape index (κ1) is 25.2. The number of benzene rings is 1. The van der Waals surface area contributed by atoms with Gasteiger partial charge in [-0.2, -0.15) is 0 Å². The Bertz CT molecular complexity index is 891. The second-order valence-corrected chi connectivity index (χ2v) is 9.54. The third kappa shape index (κ3) is 7.30. The monoisotopic (exact) mass is 473 g/mol. The molecule has 0 bridgehead atoms. The number of nitrogens with two attached hydrogens (primary N) is 1. The maximum Gasteiger partial charge on any atom is 0.251 e. The lowest BCUT2D eigenvalue weighted by atomic mass is 9.92. The molecule has 1 saturated heterocycles. The molecule has 3 N–H and O–H groups in total. The Morgan fingerprint density at radius 3 is 2.48 bits per heavy atom. The van der Waals surface area contributed by atoms with Crippen molar-refractivity contribution < 1.29 is 9.53 Å². The SMILES string of the molecule is Cc1cc(OCCCC2CCN(c3ncc(Cl)cn3)CC2)cc(C)c1C(=O)NC[C@@H](C)CN. The van der Waals surface area contributed by atoms with Gasteiger partial charge in [0.1, 0.15) is 5.75 Å². The lowest BCUT2D eigenvalue weighted by Gasteiger charge is -2.32. The maximum absolute atomic E-state index is 12.6. The molecule has 0 radical (unpaired) electrons. The number of anilines is 1. The number of halogens is 1. The normalized spacial score (nSPS) is 15.4.